The Morgan fingerprint density at radius 3 is 2.33 bits per heavy atom. The molecule has 0 saturated carbocycles. The third kappa shape index (κ3) is 6.57. The molecule has 0 aliphatic heterocycles. The Kier molecular flexibility index (Phi) is 8.27. The van der Waals surface area contributed by atoms with E-state index in [0.29, 0.717) is 28.7 Å². The van der Waals surface area contributed by atoms with E-state index in [1.54, 1.807) is 34.9 Å². The molecule has 0 fully saturated rings. The maximum Gasteiger partial charge on any atom is 0.470 e. The van der Waals surface area contributed by atoms with E-state index in [2.05, 4.69) is 20.8 Å². The minimum atomic E-state index is -5.09. The van der Waals surface area contributed by atoms with Crippen molar-refractivity contribution >= 4 is 20.9 Å². The van der Waals surface area contributed by atoms with Gasteiger partial charge in [0.15, 0.2) is 0 Å². The fourth-order valence-electron chi connectivity index (χ4n) is 4.45. The zero-order valence-corrected chi connectivity index (χ0v) is 22.7. The predicted octanol–water partition coefficient (Wildman–Crippen LogP) is 6.38. The van der Waals surface area contributed by atoms with Crippen molar-refractivity contribution in [3.8, 4) is 11.1 Å². The molecule has 0 saturated heterocycles. The highest BCUT2D eigenvalue weighted by Gasteiger charge is 2.35. The Balaban J connectivity index is 1.72. The van der Waals surface area contributed by atoms with Gasteiger partial charge in [0.2, 0.25) is 10.0 Å². The van der Waals surface area contributed by atoms with Gasteiger partial charge in [0.05, 0.1) is 22.3 Å². The molecule has 0 atom stereocenters. The van der Waals surface area contributed by atoms with E-state index in [4.69, 9.17) is 4.98 Å². The zero-order valence-electron chi connectivity index (χ0n) is 21.9. The summed E-state index contributed by atoms with van der Waals surface area (Å²) in [5, 5.41) is 0.550. The van der Waals surface area contributed by atoms with E-state index >= 15 is 0 Å². The molecule has 1 N–H and O–H groups in total. The van der Waals surface area contributed by atoms with Gasteiger partial charge in [0, 0.05) is 12.0 Å². The van der Waals surface area contributed by atoms with Crippen LogP contribution in [0.5, 0.6) is 0 Å². The summed E-state index contributed by atoms with van der Waals surface area (Å²) in [6, 6.07) is 18.0. The summed E-state index contributed by atoms with van der Waals surface area (Å²) in [4.78, 5) is 17.9. The normalized spacial score (nSPS) is 12.4. The topological polar surface area (TPSA) is 81.1 Å². The van der Waals surface area contributed by atoms with Crippen molar-refractivity contribution in [1.29, 1.82) is 0 Å². The van der Waals surface area contributed by atoms with Crippen LogP contribution in [0.15, 0.2) is 76.4 Å². The number of nitrogens with zero attached hydrogens (tertiary/aromatic N) is 2. The molecule has 0 radical (unpaired) electrons. The fraction of sp³-hybridized carbons (Fsp3) is 0.310. The first-order valence-corrected chi connectivity index (χ1v) is 14.2. The molecular formula is C29H30F3N3O3S. The zero-order chi connectivity index (χ0) is 28.4. The van der Waals surface area contributed by atoms with E-state index in [-0.39, 0.29) is 23.6 Å². The third-order valence-corrected chi connectivity index (χ3v) is 7.95. The van der Waals surface area contributed by atoms with Crippen LogP contribution in [0.1, 0.15) is 56.5 Å². The Morgan fingerprint density at radius 1 is 1.00 bits per heavy atom. The van der Waals surface area contributed by atoms with Crippen LogP contribution in [0.25, 0.3) is 22.0 Å². The lowest BCUT2D eigenvalue weighted by atomic mass is 10.0. The molecule has 3 aromatic carbocycles. The molecule has 1 aromatic heterocycles. The monoisotopic (exact) mass is 557 g/mol. The first kappa shape index (κ1) is 28.5. The number of sulfonamides is 1. The molecule has 4 rings (SSSR count). The Morgan fingerprint density at radius 2 is 1.69 bits per heavy atom. The van der Waals surface area contributed by atoms with Gasteiger partial charge in [-0.1, -0.05) is 75.7 Å². The summed E-state index contributed by atoms with van der Waals surface area (Å²) < 4.78 is 65.7. The van der Waals surface area contributed by atoms with Crippen molar-refractivity contribution in [2.24, 2.45) is 0 Å². The number of aromatic nitrogens is 2. The van der Waals surface area contributed by atoms with E-state index in [1.165, 1.54) is 12.1 Å². The first-order valence-electron chi connectivity index (χ1n) is 12.7. The maximum absolute atomic E-state index is 13.6. The van der Waals surface area contributed by atoms with E-state index in [1.807, 2.05) is 18.2 Å². The molecule has 10 heteroatoms. The molecule has 39 heavy (non-hydrogen) atoms. The molecule has 0 spiro atoms. The number of aryl methyl sites for hydroxylation is 1. The predicted molar refractivity (Wildman–Crippen MR) is 146 cm³/mol. The quantitative estimate of drug-likeness (QED) is 0.242. The highest BCUT2D eigenvalue weighted by atomic mass is 32.2. The van der Waals surface area contributed by atoms with Gasteiger partial charge >= 0.3 is 6.30 Å². The highest BCUT2D eigenvalue weighted by molar-refractivity contribution is 7.89. The van der Waals surface area contributed by atoms with Crippen LogP contribution in [-0.4, -0.2) is 24.3 Å². The minimum Gasteiger partial charge on any atom is -0.292 e. The molecule has 0 unspecified atom stereocenters. The second kappa shape index (κ2) is 11.3. The largest absolute Gasteiger partial charge is 0.470 e. The summed E-state index contributed by atoms with van der Waals surface area (Å²) in [5.74, 6) is 0.943. The average molecular weight is 558 g/mol. The van der Waals surface area contributed by atoms with Crippen LogP contribution in [0.4, 0.5) is 13.2 Å². The van der Waals surface area contributed by atoms with E-state index in [0.717, 1.165) is 34.8 Å². The standard InChI is InChI=1S/C29H30F3N3O3S/c1-4-5-10-27-33-25-16-15-22(19(2)3)17-24(25)28(36)35(27)18-20-11-13-21(14-12-20)23-8-6-7-9-26(23)39(37,38)34-29(30,31)32/h6-9,11-17,19,34H,4-5,10,18H2,1-3H3. The van der Waals surface area contributed by atoms with Gasteiger partial charge in [-0.2, -0.15) is 13.2 Å². The van der Waals surface area contributed by atoms with Crippen LogP contribution < -0.4 is 10.3 Å². The van der Waals surface area contributed by atoms with Crippen molar-refractivity contribution < 1.29 is 21.6 Å². The fourth-order valence-corrected chi connectivity index (χ4v) is 5.60. The van der Waals surface area contributed by atoms with Crippen molar-refractivity contribution in [2.75, 3.05) is 0 Å². The number of fused-ring (bicyclic) bond motifs is 1. The number of nitrogens with one attached hydrogen (secondary N) is 1. The number of rotatable bonds is 9. The number of halogens is 3. The van der Waals surface area contributed by atoms with Crippen molar-refractivity contribution in [3.05, 3.63) is 94.0 Å². The van der Waals surface area contributed by atoms with E-state index < -0.39 is 21.2 Å². The van der Waals surface area contributed by atoms with Gasteiger partial charge in [-0.3, -0.25) is 9.36 Å². The lowest BCUT2D eigenvalue weighted by Crippen LogP contribution is -2.37. The number of hydrogen-bond donors (Lipinski definition) is 1. The Labute approximate surface area is 225 Å². The number of hydrogen-bond acceptors (Lipinski definition) is 4. The first-order chi connectivity index (χ1) is 18.4. The van der Waals surface area contributed by atoms with Crippen LogP contribution in [0, 0.1) is 0 Å². The number of alkyl halides is 3. The second-order valence-electron chi connectivity index (χ2n) is 9.75. The van der Waals surface area contributed by atoms with Gasteiger partial charge in [-0.05, 0) is 47.2 Å². The lowest BCUT2D eigenvalue weighted by molar-refractivity contribution is -0.138. The summed E-state index contributed by atoms with van der Waals surface area (Å²) in [6.07, 6.45) is -2.63. The third-order valence-electron chi connectivity index (χ3n) is 6.51. The van der Waals surface area contributed by atoms with Crippen LogP contribution >= 0.6 is 0 Å². The van der Waals surface area contributed by atoms with E-state index in [9.17, 15) is 26.4 Å². The molecule has 0 bridgehead atoms. The SMILES string of the molecule is CCCCc1nc2ccc(C(C)C)cc2c(=O)n1Cc1ccc(-c2ccccc2S(=O)(=O)NC(F)(F)F)cc1. The van der Waals surface area contributed by atoms with Crippen LogP contribution in [-0.2, 0) is 23.0 Å². The molecule has 206 valence electrons. The van der Waals surface area contributed by atoms with Crippen LogP contribution in [0.2, 0.25) is 0 Å². The summed E-state index contributed by atoms with van der Waals surface area (Å²) >= 11 is 0. The van der Waals surface area contributed by atoms with Gasteiger partial charge in [-0.15, -0.1) is 4.72 Å². The summed E-state index contributed by atoms with van der Waals surface area (Å²) in [5.41, 5.74) is 2.91. The van der Waals surface area contributed by atoms with Crippen LogP contribution in [0.3, 0.4) is 0 Å². The molecule has 0 aliphatic rings. The number of unbranched alkanes of at least 4 members (excludes halogenated alkanes) is 1. The molecule has 6 nitrogen and oxygen atoms in total. The smallest absolute Gasteiger partial charge is 0.292 e. The van der Waals surface area contributed by atoms with Crippen molar-refractivity contribution in [2.45, 2.75) is 63.7 Å². The highest BCUT2D eigenvalue weighted by Crippen LogP contribution is 2.29. The van der Waals surface area contributed by atoms with Gasteiger partial charge in [-0.25, -0.2) is 13.4 Å². The Bertz CT molecular complexity index is 1640. The molecule has 4 aromatic rings. The second-order valence-corrected chi connectivity index (χ2v) is 11.4. The van der Waals surface area contributed by atoms with Gasteiger partial charge < -0.3 is 0 Å². The number of benzene rings is 3. The van der Waals surface area contributed by atoms with Crippen molar-refractivity contribution in [3.63, 3.8) is 0 Å². The minimum absolute atomic E-state index is 0.132. The molecular weight excluding hydrogens is 527 g/mol. The molecule has 1 heterocycles. The molecule has 0 amide bonds. The lowest BCUT2D eigenvalue weighted by Gasteiger charge is -2.16. The maximum atomic E-state index is 13.6. The van der Waals surface area contributed by atoms with Gasteiger partial charge in [0.25, 0.3) is 5.56 Å². The summed E-state index contributed by atoms with van der Waals surface area (Å²) in [7, 11) is -4.83. The van der Waals surface area contributed by atoms with Crippen molar-refractivity contribution in [1.82, 2.24) is 14.3 Å². The van der Waals surface area contributed by atoms with Gasteiger partial charge in [0.1, 0.15) is 5.82 Å². The Hall–Kier alpha value is -3.50. The average Bonchev–Trinajstić information content (AvgIpc) is 2.88. The summed E-state index contributed by atoms with van der Waals surface area (Å²) in [6.45, 7) is 6.45. The molecule has 0 aliphatic carbocycles.